The Kier molecular flexibility index (Phi) is 8.87. The van der Waals surface area contributed by atoms with E-state index < -0.39 is 17.9 Å². The van der Waals surface area contributed by atoms with Crippen molar-refractivity contribution in [1.29, 1.82) is 0 Å². The lowest BCUT2D eigenvalue weighted by Gasteiger charge is -2.32. The Bertz CT molecular complexity index is 996. The number of ether oxygens (including phenoxy) is 3. The minimum absolute atomic E-state index is 0.0171. The molecule has 1 aliphatic rings. The lowest BCUT2D eigenvalue weighted by atomic mass is 9.91. The molecule has 2 aromatic rings. The second-order valence-corrected chi connectivity index (χ2v) is 8.23. The van der Waals surface area contributed by atoms with Crippen LogP contribution in [0.3, 0.4) is 0 Å². The molecule has 2 atom stereocenters. The number of anilines is 1. The van der Waals surface area contributed by atoms with Gasteiger partial charge in [0.1, 0.15) is 19.3 Å². The van der Waals surface area contributed by atoms with E-state index in [2.05, 4.69) is 30.1 Å². The summed E-state index contributed by atoms with van der Waals surface area (Å²) in [6.07, 6.45) is 3.38. The number of hydrogen-bond donors (Lipinski definition) is 1. The molecule has 0 spiro atoms. The fraction of sp³-hybridized carbons (Fsp3) is 0.423. The molecule has 1 saturated carbocycles. The van der Waals surface area contributed by atoms with Gasteiger partial charge in [-0.25, -0.2) is 4.79 Å². The highest BCUT2D eigenvalue weighted by molar-refractivity contribution is 5.94. The van der Waals surface area contributed by atoms with Crippen molar-refractivity contribution in [3.63, 3.8) is 0 Å². The first-order valence-electron chi connectivity index (χ1n) is 11.4. The quantitative estimate of drug-likeness (QED) is 0.244. The number of esters is 3. The molecule has 7 heteroatoms. The van der Waals surface area contributed by atoms with Crippen molar-refractivity contribution in [3.05, 3.63) is 54.6 Å². The number of benzene rings is 2. The van der Waals surface area contributed by atoms with Gasteiger partial charge in [0.2, 0.25) is 0 Å². The van der Waals surface area contributed by atoms with Gasteiger partial charge in [0.15, 0.2) is 0 Å². The number of hydrogen-bond acceptors (Lipinski definition) is 7. The summed E-state index contributed by atoms with van der Waals surface area (Å²) in [4.78, 5) is 35.5. The van der Waals surface area contributed by atoms with Gasteiger partial charge in [-0.1, -0.05) is 49.4 Å². The number of carbonyl (C=O) groups is 3. The highest BCUT2D eigenvalue weighted by atomic mass is 16.6. The molecule has 1 aliphatic carbocycles. The molecule has 0 radical (unpaired) electrons. The smallest absolute Gasteiger partial charge is 0.333 e. The van der Waals surface area contributed by atoms with E-state index in [0.717, 1.165) is 42.1 Å². The van der Waals surface area contributed by atoms with Crippen molar-refractivity contribution in [1.82, 2.24) is 0 Å². The first kappa shape index (κ1) is 24.3. The van der Waals surface area contributed by atoms with Gasteiger partial charge >= 0.3 is 17.9 Å². The standard InChI is InChI=1S/C26H31NO6/c1-18(2)26(30)32-17-16-31-24(28)14-15-25(29)33-23-13-6-5-11-22(23)27-21-12-7-9-19-8-3-4-10-20(19)21/h3-4,7-10,12,22-23,27H,1,5-6,11,13-17H2,2H3. The van der Waals surface area contributed by atoms with Crippen molar-refractivity contribution >= 4 is 34.4 Å². The van der Waals surface area contributed by atoms with E-state index >= 15 is 0 Å². The molecule has 0 bridgehead atoms. The van der Waals surface area contributed by atoms with Crippen LogP contribution in [-0.2, 0) is 28.6 Å². The first-order chi connectivity index (χ1) is 15.9. The maximum absolute atomic E-state index is 12.4. The normalized spacial score (nSPS) is 17.7. The molecular weight excluding hydrogens is 422 g/mol. The van der Waals surface area contributed by atoms with Gasteiger partial charge in [0, 0.05) is 16.6 Å². The van der Waals surface area contributed by atoms with Crippen LogP contribution in [0, 0.1) is 0 Å². The number of rotatable bonds is 10. The Morgan fingerprint density at radius 3 is 2.45 bits per heavy atom. The van der Waals surface area contributed by atoms with E-state index in [4.69, 9.17) is 14.2 Å². The summed E-state index contributed by atoms with van der Waals surface area (Å²) in [5.74, 6) is -1.49. The summed E-state index contributed by atoms with van der Waals surface area (Å²) in [6, 6.07) is 14.3. The SMILES string of the molecule is C=C(C)C(=O)OCCOC(=O)CCC(=O)OC1CCCCC1Nc1cccc2ccccc12. The summed E-state index contributed by atoms with van der Waals surface area (Å²) in [5.41, 5.74) is 1.30. The molecule has 3 rings (SSSR count). The lowest BCUT2D eigenvalue weighted by molar-refractivity contribution is -0.156. The van der Waals surface area contributed by atoms with Crippen LogP contribution >= 0.6 is 0 Å². The fourth-order valence-electron chi connectivity index (χ4n) is 3.87. The second-order valence-electron chi connectivity index (χ2n) is 8.23. The third kappa shape index (κ3) is 7.34. The van der Waals surface area contributed by atoms with Crippen LogP contribution in [0.4, 0.5) is 5.69 Å². The largest absolute Gasteiger partial charge is 0.462 e. The van der Waals surface area contributed by atoms with Crippen LogP contribution in [0.5, 0.6) is 0 Å². The van der Waals surface area contributed by atoms with Gasteiger partial charge in [-0.2, -0.15) is 0 Å². The number of nitrogens with one attached hydrogen (secondary N) is 1. The maximum Gasteiger partial charge on any atom is 0.333 e. The van der Waals surface area contributed by atoms with E-state index in [1.807, 2.05) is 24.3 Å². The molecule has 33 heavy (non-hydrogen) atoms. The van der Waals surface area contributed by atoms with Gasteiger partial charge in [-0.05, 0) is 37.6 Å². The summed E-state index contributed by atoms with van der Waals surface area (Å²) in [6.45, 7) is 4.89. The zero-order chi connectivity index (χ0) is 23.6. The van der Waals surface area contributed by atoms with Gasteiger partial charge in [0.25, 0.3) is 0 Å². The van der Waals surface area contributed by atoms with Crippen LogP contribution in [0.15, 0.2) is 54.6 Å². The Hall–Kier alpha value is -3.35. The van der Waals surface area contributed by atoms with Crippen molar-refractivity contribution in [2.75, 3.05) is 18.5 Å². The molecule has 7 nitrogen and oxygen atoms in total. The first-order valence-corrected chi connectivity index (χ1v) is 11.4. The molecule has 176 valence electrons. The third-order valence-corrected chi connectivity index (χ3v) is 5.58. The Morgan fingerprint density at radius 2 is 1.64 bits per heavy atom. The van der Waals surface area contributed by atoms with Crippen molar-refractivity contribution in [2.24, 2.45) is 0 Å². The van der Waals surface area contributed by atoms with E-state index in [1.54, 1.807) is 0 Å². The number of carbonyl (C=O) groups excluding carboxylic acids is 3. The van der Waals surface area contributed by atoms with Gasteiger partial charge in [0.05, 0.1) is 18.9 Å². The topological polar surface area (TPSA) is 90.9 Å². The summed E-state index contributed by atoms with van der Waals surface area (Å²) < 4.78 is 15.6. The molecule has 0 saturated heterocycles. The Balaban J connectivity index is 1.45. The van der Waals surface area contributed by atoms with E-state index in [-0.39, 0.29) is 43.8 Å². The van der Waals surface area contributed by atoms with Crippen LogP contribution in [-0.4, -0.2) is 43.3 Å². The fourth-order valence-corrected chi connectivity index (χ4v) is 3.87. The summed E-state index contributed by atoms with van der Waals surface area (Å²) in [5, 5.41) is 5.86. The van der Waals surface area contributed by atoms with Crippen LogP contribution < -0.4 is 5.32 Å². The Morgan fingerprint density at radius 1 is 0.939 bits per heavy atom. The van der Waals surface area contributed by atoms with Crippen molar-refractivity contribution < 1.29 is 28.6 Å². The predicted octanol–water partition coefficient (Wildman–Crippen LogP) is 4.55. The highest BCUT2D eigenvalue weighted by Crippen LogP contribution is 2.29. The molecule has 2 aromatic carbocycles. The third-order valence-electron chi connectivity index (χ3n) is 5.58. The summed E-state index contributed by atoms with van der Waals surface area (Å²) >= 11 is 0. The summed E-state index contributed by atoms with van der Waals surface area (Å²) in [7, 11) is 0. The molecule has 0 heterocycles. The zero-order valence-electron chi connectivity index (χ0n) is 19.0. The zero-order valence-corrected chi connectivity index (χ0v) is 19.0. The molecule has 0 aliphatic heterocycles. The predicted molar refractivity (Wildman–Crippen MR) is 126 cm³/mol. The van der Waals surface area contributed by atoms with Crippen LogP contribution in [0.25, 0.3) is 10.8 Å². The minimum atomic E-state index is -0.535. The number of fused-ring (bicyclic) bond motifs is 1. The van der Waals surface area contributed by atoms with Gasteiger partial charge in [-0.3, -0.25) is 9.59 Å². The molecular formula is C26H31NO6. The second kappa shape index (κ2) is 12.0. The van der Waals surface area contributed by atoms with Crippen molar-refractivity contribution in [3.8, 4) is 0 Å². The molecule has 0 amide bonds. The minimum Gasteiger partial charge on any atom is -0.462 e. The van der Waals surface area contributed by atoms with Crippen LogP contribution in [0.2, 0.25) is 0 Å². The van der Waals surface area contributed by atoms with Crippen molar-refractivity contribution in [2.45, 2.75) is 57.6 Å². The average molecular weight is 454 g/mol. The van der Waals surface area contributed by atoms with Crippen LogP contribution in [0.1, 0.15) is 45.4 Å². The van der Waals surface area contributed by atoms with E-state index in [0.29, 0.717) is 0 Å². The molecule has 1 fully saturated rings. The maximum atomic E-state index is 12.4. The molecule has 1 N–H and O–H groups in total. The molecule has 0 aromatic heterocycles. The van der Waals surface area contributed by atoms with E-state index in [1.165, 1.54) is 6.92 Å². The average Bonchev–Trinajstić information content (AvgIpc) is 2.81. The van der Waals surface area contributed by atoms with Gasteiger partial charge < -0.3 is 19.5 Å². The Labute approximate surface area is 194 Å². The monoisotopic (exact) mass is 453 g/mol. The lowest BCUT2D eigenvalue weighted by Crippen LogP contribution is -2.39. The van der Waals surface area contributed by atoms with Gasteiger partial charge in [-0.15, -0.1) is 0 Å². The highest BCUT2D eigenvalue weighted by Gasteiger charge is 2.28. The molecule has 2 unspecified atom stereocenters. The van der Waals surface area contributed by atoms with E-state index in [9.17, 15) is 14.4 Å².